The summed E-state index contributed by atoms with van der Waals surface area (Å²) in [6, 6.07) is 13.9. The smallest absolute Gasteiger partial charge is 0.238 e. The van der Waals surface area contributed by atoms with Crippen molar-refractivity contribution < 1.29 is 19.1 Å². The maximum Gasteiger partial charge on any atom is 0.238 e. The third-order valence-corrected chi connectivity index (χ3v) is 4.92. The first-order valence-electron chi connectivity index (χ1n) is 9.49. The van der Waals surface area contributed by atoms with Crippen LogP contribution < -0.4 is 10.1 Å². The summed E-state index contributed by atoms with van der Waals surface area (Å²) in [5, 5.41) is 2.91. The van der Waals surface area contributed by atoms with Crippen LogP contribution in [0, 0.1) is 5.41 Å². The monoisotopic (exact) mass is 391 g/mol. The van der Waals surface area contributed by atoms with Crippen LogP contribution in [0.3, 0.4) is 0 Å². The fourth-order valence-corrected chi connectivity index (χ4v) is 3.43. The predicted octanol–water partition coefficient (Wildman–Crippen LogP) is 3.77. The second-order valence-corrected chi connectivity index (χ2v) is 8.26. The lowest BCUT2D eigenvalue weighted by molar-refractivity contribution is -0.127. The number of hydrogen-bond acceptors (Lipinski definition) is 4. The van der Waals surface area contributed by atoms with Crippen LogP contribution in [0.5, 0.6) is 5.75 Å². The van der Waals surface area contributed by atoms with E-state index in [1.165, 1.54) is 12.2 Å². The van der Waals surface area contributed by atoms with Crippen LogP contribution in [0.25, 0.3) is 0 Å². The molecule has 1 atom stereocenters. The molecule has 0 spiro atoms. The van der Waals surface area contributed by atoms with Gasteiger partial charge in [0, 0.05) is 16.7 Å². The molecule has 0 heterocycles. The standard InChI is InChI=1S/C24H25NO4/c1-23(2,3)25-22(28)24(15-17-7-5-6-8-19(17)21(24)27)14-13-20(26)16-9-11-18(29-4)12-10-16/h5-14H,15H2,1-4H3,(H,25,28)/b14-13+. The van der Waals surface area contributed by atoms with Crippen LogP contribution in [-0.2, 0) is 11.2 Å². The number of fused-ring (bicyclic) bond motifs is 1. The fraction of sp³-hybridized carbons (Fsp3) is 0.292. The molecular weight excluding hydrogens is 366 g/mol. The van der Waals surface area contributed by atoms with Gasteiger partial charge in [-0.25, -0.2) is 0 Å². The van der Waals surface area contributed by atoms with E-state index in [1.54, 1.807) is 43.5 Å². The third kappa shape index (κ3) is 4.14. The first-order chi connectivity index (χ1) is 13.7. The summed E-state index contributed by atoms with van der Waals surface area (Å²) in [7, 11) is 1.55. The number of rotatable bonds is 5. The van der Waals surface area contributed by atoms with Gasteiger partial charge in [-0.15, -0.1) is 0 Å². The molecule has 5 nitrogen and oxygen atoms in total. The highest BCUT2D eigenvalue weighted by atomic mass is 16.5. The first kappa shape index (κ1) is 20.5. The molecule has 1 aliphatic carbocycles. The maximum absolute atomic E-state index is 13.2. The van der Waals surface area contributed by atoms with Gasteiger partial charge in [0.15, 0.2) is 11.6 Å². The maximum atomic E-state index is 13.2. The summed E-state index contributed by atoms with van der Waals surface area (Å²) in [6.07, 6.45) is 3.02. The lowest BCUT2D eigenvalue weighted by Gasteiger charge is -2.29. The quantitative estimate of drug-likeness (QED) is 0.478. The molecule has 29 heavy (non-hydrogen) atoms. The molecule has 0 aromatic heterocycles. The van der Waals surface area contributed by atoms with E-state index in [0.29, 0.717) is 16.9 Å². The molecule has 150 valence electrons. The molecule has 3 rings (SSSR count). The van der Waals surface area contributed by atoms with E-state index < -0.39 is 16.9 Å². The van der Waals surface area contributed by atoms with Crippen molar-refractivity contribution in [3.05, 3.63) is 77.4 Å². The van der Waals surface area contributed by atoms with Crippen molar-refractivity contribution in [1.82, 2.24) is 5.32 Å². The van der Waals surface area contributed by atoms with Crippen LogP contribution >= 0.6 is 0 Å². The summed E-state index contributed by atoms with van der Waals surface area (Å²) in [4.78, 5) is 39.1. The van der Waals surface area contributed by atoms with Crippen LogP contribution in [-0.4, -0.2) is 30.1 Å². The van der Waals surface area contributed by atoms with Crippen LogP contribution in [0.1, 0.15) is 47.1 Å². The summed E-state index contributed by atoms with van der Waals surface area (Å²) < 4.78 is 5.11. The van der Waals surface area contributed by atoms with Gasteiger partial charge in [0.05, 0.1) is 7.11 Å². The highest BCUT2D eigenvalue weighted by molar-refractivity contribution is 6.19. The minimum absolute atomic E-state index is 0.232. The Balaban J connectivity index is 1.96. The van der Waals surface area contributed by atoms with Gasteiger partial charge in [0.2, 0.25) is 5.91 Å². The van der Waals surface area contributed by atoms with Crippen molar-refractivity contribution in [3.8, 4) is 5.75 Å². The molecule has 0 saturated carbocycles. The van der Waals surface area contributed by atoms with E-state index in [2.05, 4.69) is 5.32 Å². The number of benzene rings is 2. The number of allylic oxidation sites excluding steroid dienone is 1. The molecule has 5 heteroatoms. The number of carbonyl (C=O) groups excluding carboxylic acids is 3. The van der Waals surface area contributed by atoms with Gasteiger partial charge in [0.25, 0.3) is 0 Å². The molecule has 1 N–H and O–H groups in total. The summed E-state index contributed by atoms with van der Waals surface area (Å²) in [5.74, 6) is -0.314. The number of Topliss-reactive ketones (excluding diaryl/α,β-unsaturated/α-hetero) is 1. The minimum Gasteiger partial charge on any atom is -0.497 e. The van der Waals surface area contributed by atoms with Crippen molar-refractivity contribution in [2.45, 2.75) is 32.7 Å². The molecule has 1 aliphatic rings. The number of methoxy groups -OCH3 is 1. The molecule has 0 fully saturated rings. The minimum atomic E-state index is -1.43. The zero-order valence-electron chi connectivity index (χ0n) is 17.1. The SMILES string of the molecule is COc1ccc(C(=O)/C=C/C2(C(=O)NC(C)(C)C)Cc3ccccc3C2=O)cc1. The number of nitrogens with one attached hydrogen (secondary N) is 1. The molecule has 0 saturated heterocycles. The molecule has 0 radical (unpaired) electrons. The molecule has 1 amide bonds. The van der Waals surface area contributed by atoms with Crippen molar-refractivity contribution >= 4 is 17.5 Å². The van der Waals surface area contributed by atoms with Crippen molar-refractivity contribution in [3.63, 3.8) is 0 Å². The van der Waals surface area contributed by atoms with Gasteiger partial charge in [-0.2, -0.15) is 0 Å². The Morgan fingerprint density at radius 1 is 1.07 bits per heavy atom. The average Bonchev–Trinajstić information content (AvgIpc) is 2.98. The lowest BCUT2D eigenvalue weighted by atomic mass is 9.81. The van der Waals surface area contributed by atoms with E-state index in [-0.39, 0.29) is 18.0 Å². The Kier molecular flexibility index (Phi) is 5.42. The van der Waals surface area contributed by atoms with E-state index in [0.717, 1.165) is 5.56 Å². The Bertz CT molecular complexity index is 983. The van der Waals surface area contributed by atoms with Crippen LogP contribution in [0.2, 0.25) is 0 Å². The van der Waals surface area contributed by atoms with Gasteiger partial charge >= 0.3 is 0 Å². The second-order valence-electron chi connectivity index (χ2n) is 8.26. The zero-order valence-corrected chi connectivity index (χ0v) is 17.1. The highest BCUT2D eigenvalue weighted by Crippen LogP contribution is 2.39. The van der Waals surface area contributed by atoms with Gasteiger partial charge in [-0.3, -0.25) is 14.4 Å². The molecule has 2 aromatic carbocycles. The van der Waals surface area contributed by atoms with Crippen LogP contribution in [0.4, 0.5) is 0 Å². The molecule has 0 bridgehead atoms. The molecule has 1 unspecified atom stereocenters. The van der Waals surface area contributed by atoms with E-state index in [1.807, 2.05) is 32.9 Å². The second kappa shape index (κ2) is 7.66. The topological polar surface area (TPSA) is 72.5 Å². The first-order valence-corrected chi connectivity index (χ1v) is 9.49. The fourth-order valence-electron chi connectivity index (χ4n) is 3.43. The van der Waals surface area contributed by atoms with E-state index in [9.17, 15) is 14.4 Å². The Hall–Kier alpha value is -3.21. The Morgan fingerprint density at radius 2 is 1.72 bits per heavy atom. The number of carbonyl (C=O) groups is 3. The van der Waals surface area contributed by atoms with Crippen LogP contribution in [0.15, 0.2) is 60.7 Å². The number of ketones is 2. The van der Waals surface area contributed by atoms with Crippen molar-refractivity contribution in [2.75, 3.05) is 7.11 Å². The predicted molar refractivity (Wildman–Crippen MR) is 111 cm³/mol. The Morgan fingerprint density at radius 3 is 2.31 bits per heavy atom. The van der Waals surface area contributed by atoms with Gasteiger partial charge in [0.1, 0.15) is 11.2 Å². The Labute approximate surface area is 170 Å². The lowest BCUT2D eigenvalue weighted by Crippen LogP contribution is -2.51. The summed E-state index contributed by atoms with van der Waals surface area (Å²) in [5.41, 5.74) is -0.149. The molecule has 2 aromatic rings. The van der Waals surface area contributed by atoms with Crippen molar-refractivity contribution in [1.29, 1.82) is 0 Å². The molecule has 0 aliphatic heterocycles. The summed E-state index contributed by atoms with van der Waals surface area (Å²) >= 11 is 0. The van der Waals surface area contributed by atoms with E-state index >= 15 is 0 Å². The largest absolute Gasteiger partial charge is 0.497 e. The normalized spacial score (nSPS) is 18.6. The number of hydrogen-bond donors (Lipinski definition) is 1. The summed E-state index contributed by atoms with van der Waals surface area (Å²) in [6.45, 7) is 5.58. The van der Waals surface area contributed by atoms with Gasteiger partial charge in [-0.1, -0.05) is 30.3 Å². The van der Waals surface area contributed by atoms with E-state index in [4.69, 9.17) is 4.74 Å². The highest BCUT2D eigenvalue weighted by Gasteiger charge is 2.50. The average molecular weight is 391 g/mol. The zero-order chi connectivity index (χ0) is 21.2. The molecular formula is C24H25NO4. The number of amides is 1. The number of ether oxygens (including phenoxy) is 1. The van der Waals surface area contributed by atoms with Gasteiger partial charge < -0.3 is 10.1 Å². The van der Waals surface area contributed by atoms with Gasteiger partial charge in [-0.05, 0) is 63.1 Å². The van der Waals surface area contributed by atoms with Crippen molar-refractivity contribution in [2.24, 2.45) is 5.41 Å². The third-order valence-electron chi connectivity index (χ3n) is 4.92.